The number of carbonyl (C=O) groups is 1. The zero-order valence-corrected chi connectivity index (χ0v) is 7.99. The van der Waals surface area contributed by atoms with E-state index in [0.29, 0.717) is 5.69 Å². The fraction of sp³-hybridized carbons (Fsp3) is 0.222. The molecule has 0 saturated carbocycles. The Kier molecular flexibility index (Phi) is 3.33. The highest BCUT2D eigenvalue weighted by Gasteiger charge is 2.13. The number of benzene rings is 1. The normalized spacial score (nSPS) is 9.73. The molecular weight excluding hydrogens is 203 g/mol. The van der Waals surface area contributed by atoms with Crippen molar-refractivity contribution in [3.63, 3.8) is 0 Å². The molecule has 0 saturated heterocycles. The average Bonchev–Trinajstić information content (AvgIpc) is 2.16. The van der Waals surface area contributed by atoms with Crippen molar-refractivity contribution in [3.05, 3.63) is 33.9 Å². The topological polar surface area (TPSA) is 72.2 Å². The minimum Gasteiger partial charge on any atom is -0.326 e. The largest absolute Gasteiger partial charge is 0.326 e. The van der Waals surface area contributed by atoms with Crippen LogP contribution in [-0.2, 0) is 11.5 Å². The first-order chi connectivity index (χ1) is 7.04. The molecule has 0 unspecified atom stereocenters. The van der Waals surface area contributed by atoms with Gasteiger partial charge < -0.3 is 5.32 Å². The third kappa shape index (κ3) is 2.73. The van der Waals surface area contributed by atoms with E-state index < -0.39 is 11.6 Å². The minimum absolute atomic E-state index is 0.0498. The molecule has 0 spiro atoms. The number of nitro groups is 1. The highest BCUT2D eigenvalue weighted by molar-refractivity contribution is 5.88. The number of hydrogen-bond acceptors (Lipinski definition) is 3. The van der Waals surface area contributed by atoms with Crippen molar-refractivity contribution in [2.75, 3.05) is 5.32 Å². The van der Waals surface area contributed by atoms with Crippen molar-refractivity contribution in [2.45, 2.75) is 13.6 Å². The summed E-state index contributed by atoms with van der Waals surface area (Å²) in [5, 5.41) is 12.9. The lowest BCUT2D eigenvalue weighted by atomic mass is 10.1. The van der Waals surface area contributed by atoms with Gasteiger partial charge in [0.1, 0.15) is 6.67 Å². The van der Waals surface area contributed by atoms with Crippen molar-refractivity contribution >= 4 is 17.3 Å². The summed E-state index contributed by atoms with van der Waals surface area (Å²) in [6, 6.07) is 3.78. The number of nitrogens with zero attached hydrogens (tertiary/aromatic N) is 1. The van der Waals surface area contributed by atoms with Crippen LogP contribution in [0.5, 0.6) is 0 Å². The first-order valence-corrected chi connectivity index (χ1v) is 4.15. The average molecular weight is 212 g/mol. The van der Waals surface area contributed by atoms with Gasteiger partial charge in [-0.15, -0.1) is 0 Å². The molecule has 0 radical (unpaired) electrons. The van der Waals surface area contributed by atoms with Crippen LogP contribution in [0.2, 0.25) is 0 Å². The Balaban J connectivity index is 3.07. The maximum absolute atomic E-state index is 12.4. The zero-order chi connectivity index (χ0) is 11.4. The van der Waals surface area contributed by atoms with Crippen LogP contribution in [0.15, 0.2) is 18.2 Å². The van der Waals surface area contributed by atoms with E-state index in [-0.39, 0.29) is 17.2 Å². The Labute approximate surface area is 85.1 Å². The van der Waals surface area contributed by atoms with Gasteiger partial charge in [0.15, 0.2) is 0 Å². The SMILES string of the molecule is CC(=O)Nc1ccc([N+](=O)[O-])c(CF)c1. The van der Waals surface area contributed by atoms with Crippen LogP contribution in [0.4, 0.5) is 15.8 Å². The van der Waals surface area contributed by atoms with E-state index in [1.54, 1.807) is 0 Å². The summed E-state index contributed by atoms with van der Waals surface area (Å²) in [7, 11) is 0. The number of hydrogen-bond donors (Lipinski definition) is 1. The molecule has 1 aromatic rings. The lowest BCUT2D eigenvalue weighted by molar-refractivity contribution is -0.385. The van der Waals surface area contributed by atoms with Crippen molar-refractivity contribution in [3.8, 4) is 0 Å². The Morgan fingerprint density at radius 3 is 2.73 bits per heavy atom. The second-order valence-corrected chi connectivity index (χ2v) is 2.92. The van der Waals surface area contributed by atoms with Crippen molar-refractivity contribution in [1.29, 1.82) is 0 Å². The van der Waals surface area contributed by atoms with Crippen molar-refractivity contribution in [1.82, 2.24) is 0 Å². The van der Waals surface area contributed by atoms with Crippen LogP contribution in [0.25, 0.3) is 0 Å². The summed E-state index contributed by atoms with van der Waals surface area (Å²) in [6.45, 7) is 0.361. The standard InChI is InChI=1S/C9H9FN2O3/c1-6(13)11-8-2-3-9(12(14)15)7(4-8)5-10/h2-4H,5H2,1H3,(H,11,13). The predicted molar refractivity (Wildman–Crippen MR) is 52.2 cm³/mol. The molecule has 0 aliphatic carbocycles. The van der Waals surface area contributed by atoms with E-state index >= 15 is 0 Å². The predicted octanol–water partition coefficient (Wildman–Crippen LogP) is 2.02. The molecule has 0 aliphatic rings. The fourth-order valence-electron chi connectivity index (χ4n) is 1.15. The number of carbonyl (C=O) groups excluding carboxylic acids is 1. The molecule has 1 amide bonds. The number of nitro benzene ring substituents is 1. The maximum Gasteiger partial charge on any atom is 0.275 e. The van der Waals surface area contributed by atoms with Crippen LogP contribution in [0, 0.1) is 10.1 Å². The zero-order valence-electron chi connectivity index (χ0n) is 7.99. The van der Waals surface area contributed by atoms with Gasteiger partial charge in [-0.25, -0.2) is 4.39 Å². The fourth-order valence-corrected chi connectivity index (χ4v) is 1.15. The molecule has 0 aromatic heterocycles. The maximum atomic E-state index is 12.4. The number of anilines is 1. The Hall–Kier alpha value is -1.98. The number of halogens is 1. The quantitative estimate of drug-likeness (QED) is 0.615. The van der Waals surface area contributed by atoms with E-state index in [1.165, 1.54) is 25.1 Å². The van der Waals surface area contributed by atoms with Gasteiger partial charge in [0.2, 0.25) is 5.91 Å². The summed E-state index contributed by atoms with van der Waals surface area (Å²) in [6.07, 6.45) is 0. The Bertz CT molecular complexity index is 406. The van der Waals surface area contributed by atoms with Crippen LogP contribution < -0.4 is 5.32 Å². The van der Waals surface area contributed by atoms with Gasteiger partial charge in [-0.2, -0.15) is 0 Å². The van der Waals surface area contributed by atoms with E-state index in [0.717, 1.165) is 0 Å². The molecule has 0 fully saturated rings. The Morgan fingerprint density at radius 1 is 1.60 bits per heavy atom. The smallest absolute Gasteiger partial charge is 0.275 e. The monoisotopic (exact) mass is 212 g/mol. The van der Waals surface area contributed by atoms with E-state index in [2.05, 4.69) is 5.32 Å². The van der Waals surface area contributed by atoms with Gasteiger partial charge in [-0.3, -0.25) is 14.9 Å². The van der Waals surface area contributed by atoms with Gasteiger partial charge in [0, 0.05) is 18.7 Å². The lowest BCUT2D eigenvalue weighted by Gasteiger charge is -2.03. The molecule has 0 aliphatic heterocycles. The van der Waals surface area contributed by atoms with Crippen LogP contribution in [-0.4, -0.2) is 10.8 Å². The van der Waals surface area contributed by atoms with Crippen molar-refractivity contribution in [2.24, 2.45) is 0 Å². The van der Waals surface area contributed by atoms with Gasteiger partial charge in [-0.05, 0) is 12.1 Å². The summed E-state index contributed by atoms with van der Waals surface area (Å²) < 4.78 is 12.4. The van der Waals surface area contributed by atoms with Crippen LogP contribution >= 0.6 is 0 Å². The second kappa shape index (κ2) is 4.50. The molecule has 15 heavy (non-hydrogen) atoms. The first-order valence-electron chi connectivity index (χ1n) is 4.15. The number of nitrogens with one attached hydrogen (secondary N) is 1. The van der Waals surface area contributed by atoms with Gasteiger partial charge in [0.05, 0.1) is 10.5 Å². The first kappa shape index (κ1) is 11.1. The summed E-state index contributed by atoms with van der Waals surface area (Å²) in [4.78, 5) is 20.5. The lowest BCUT2D eigenvalue weighted by Crippen LogP contribution is -2.06. The molecule has 6 heteroatoms. The minimum atomic E-state index is -0.941. The Morgan fingerprint density at radius 2 is 2.27 bits per heavy atom. The van der Waals surface area contributed by atoms with Crippen molar-refractivity contribution < 1.29 is 14.1 Å². The molecule has 0 heterocycles. The number of amides is 1. The summed E-state index contributed by atoms with van der Waals surface area (Å²) >= 11 is 0. The third-order valence-corrected chi connectivity index (χ3v) is 1.74. The molecule has 0 atom stereocenters. The van der Waals surface area contributed by atoms with E-state index in [4.69, 9.17) is 0 Å². The van der Waals surface area contributed by atoms with E-state index in [1.807, 2.05) is 0 Å². The van der Waals surface area contributed by atoms with Gasteiger partial charge >= 0.3 is 0 Å². The van der Waals surface area contributed by atoms with Crippen LogP contribution in [0.1, 0.15) is 12.5 Å². The molecule has 1 rings (SSSR count). The van der Waals surface area contributed by atoms with E-state index in [9.17, 15) is 19.3 Å². The molecule has 5 nitrogen and oxygen atoms in total. The highest BCUT2D eigenvalue weighted by atomic mass is 19.1. The number of rotatable bonds is 3. The van der Waals surface area contributed by atoms with Crippen LogP contribution in [0.3, 0.4) is 0 Å². The third-order valence-electron chi connectivity index (χ3n) is 1.74. The molecular formula is C9H9FN2O3. The second-order valence-electron chi connectivity index (χ2n) is 2.92. The molecule has 1 N–H and O–H groups in total. The van der Waals surface area contributed by atoms with Gasteiger partial charge in [-0.1, -0.05) is 0 Å². The highest BCUT2D eigenvalue weighted by Crippen LogP contribution is 2.23. The molecule has 0 bridgehead atoms. The number of alkyl halides is 1. The molecule has 1 aromatic carbocycles. The summed E-state index contributed by atoms with van der Waals surface area (Å²) in [5.41, 5.74) is 0.0126. The summed E-state index contributed by atoms with van der Waals surface area (Å²) in [5.74, 6) is -0.311. The molecule has 80 valence electrons. The van der Waals surface area contributed by atoms with Gasteiger partial charge in [0.25, 0.3) is 5.69 Å².